The number of unbranched alkanes of at least 4 members (excludes halogenated alkanes) is 1. The molecule has 8 heteroatoms. The average Bonchev–Trinajstić information content (AvgIpc) is 2.51. The van der Waals surface area contributed by atoms with Crippen molar-refractivity contribution in [1.29, 1.82) is 0 Å². The van der Waals surface area contributed by atoms with Gasteiger partial charge in [-0.2, -0.15) is 0 Å². The van der Waals surface area contributed by atoms with E-state index in [9.17, 15) is 13.2 Å². The fourth-order valence-corrected chi connectivity index (χ4v) is 3.64. The Bertz CT molecular complexity index is 809. The Kier molecular flexibility index (Phi) is 7.62. The highest BCUT2D eigenvalue weighted by Crippen LogP contribution is 2.29. The molecule has 0 aliphatic heterocycles. The van der Waals surface area contributed by atoms with Gasteiger partial charge in [-0.25, -0.2) is 13.1 Å². The molecular weight excluding hydrogens is 350 g/mol. The standard InChI is InChI=1S/C16H21N3O3S.ClH/c1-12(20)19-15-8-9-16(14-7-3-2-6-13(14)15)23(21,22)18-11-5-4-10-17;/h2-3,6-9,18H,4-5,10-11,17H2,1H3,(H,19,20);1H. The summed E-state index contributed by atoms with van der Waals surface area (Å²) in [5.41, 5.74) is 6.00. The molecule has 0 aliphatic rings. The molecule has 132 valence electrons. The SMILES string of the molecule is CC(=O)Nc1ccc(S(=O)(=O)NCCCCN)c2ccccc12.Cl. The Labute approximate surface area is 148 Å². The van der Waals surface area contributed by atoms with Crippen LogP contribution in [0.1, 0.15) is 19.8 Å². The third-order valence-electron chi connectivity index (χ3n) is 3.41. The fraction of sp³-hybridized carbons (Fsp3) is 0.312. The van der Waals surface area contributed by atoms with Crippen molar-refractivity contribution in [3.05, 3.63) is 36.4 Å². The van der Waals surface area contributed by atoms with Crippen molar-refractivity contribution in [3.8, 4) is 0 Å². The third-order valence-corrected chi connectivity index (χ3v) is 4.93. The second-order valence-corrected chi connectivity index (χ2v) is 6.97. The number of amides is 1. The van der Waals surface area contributed by atoms with E-state index in [0.29, 0.717) is 36.0 Å². The lowest BCUT2D eigenvalue weighted by atomic mass is 10.1. The number of rotatable bonds is 7. The number of anilines is 1. The number of nitrogens with one attached hydrogen (secondary N) is 2. The summed E-state index contributed by atoms with van der Waals surface area (Å²) in [6.45, 7) is 2.30. The highest BCUT2D eigenvalue weighted by atomic mass is 35.5. The van der Waals surface area contributed by atoms with Gasteiger partial charge in [0.2, 0.25) is 15.9 Å². The monoisotopic (exact) mass is 371 g/mol. The molecule has 0 bridgehead atoms. The molecule has 0 heterocycles. The Morgan fingerprint density at radius 2 is 1.75 bits per heavy atom. The van der Waals surface area contributed by atoms with Gasteiger partial charge in [0.05, 0.1) is 4.90 Å². The lowest BCUT2D eigenvalue weighted by Crippen LogP contribution is -2.25. The Morgan fingerprint density at radius 1 is 1.08 bits per heavy atom. The smallest absolute Gasteiger partial charge is 0.241 e. The predicted octanol–water partition coefficient (Wildman–Crippen LogP) is 2.24. The van der Waals surface area contributed by atoms with Crippen LogP contribution in [0.5, 0.6) is 0 Å². The van der Waals surface area contributed by atoms with Crippen LogP contribution in [0.2, 0.25) is 0 Å². The zero-order chi connectivity index (χ0) is 16.9. The van der Waals surface area contributed by atoms with Crippen LogP contribution >= 0.6 is 12.4 Å². The number of carbonyl (C=O) groups excluding carboxylic acids is 1. The van der Waals surface area contributed by atoms with E-state index in [2.05, 4.69) is 10.0 Å². The van der Waals surface area contributed by atoms with Crippen molar-refractivity contribution in [3.63, 3.8) is 0 Å². The molecule has 6 nitrogen and oxygen atoms in total. The summed E-state index contributed by atoms with van der Waals surface area (Å²) >= 11 is 0. The molecule has 4 N–H and O–H groups in total. The summed E-state index contributed by atoms with van der Waals surface area (Å²) in [7, 11) is -3.62. The predicted molar refractivity (Wildman–Crippen MR) is 99.0 cm³/mol. The highest BCUT2D eigenvalue weighted by molar-refractivity contribution is 7.89. The maximum Gasteiger partial charge on any atom is 0.241 e. The van der Waals surface area contributed by atoms with Gasteiger partial charge >= 0.3 is 0 Å². The maximum atomic E-state index is 12.5. The zero-order valence-corrected chi connectivity index (χ0v) is 15.0. The van der Waals surface area contributed by atoms with Gasteiger partial charge in [-0.05, 0) is 31.5 Å². The van der Waals surface area contributed by atoms with Crippen molar-refractivity contribution in [2.24, 2.45) is 5.73 Å². The Morgan fingerprint density at radius 3 is 2.38 bits per heavy atom. The molecule has 2 rings (SSSR count). The van der Waals surface area contributed by atoms with E-state index in [-0.39, 0.29) is 23.2 Å². The molecule has 0 saturated heterocycles. The first kappa shape index (κ1) is 20.4. The Balaban J connectivity index is 0.00000288. The van der Waals surface area contributed by atoms with Crippen LogP contribution in [0.3, 0.4) is 0 Å². The van der Waals surface area contributed by atoms with E-state index in [0.717, 1.165) is 6.42 Å². The van der Waals surface area contributed by atoms with Crippen LogP contribution in [-0.4, -0.2) is 27.4 Å². The van der Waals surface area contributed by atoms with Gasteiger partial charge in [0, 0.05) is 29.9 Å². The van der Waals surface area contributed by atoms with Gasteiger partial charge in [0.15, 0.2) is 0 Å². The van der Waals surface area contributed by atoms with E-state index >= 15 is 0 Å². The van der Waals surface area contributed by atoms with Gasteiger partial charge in [-0.3, -0.25) is 4.79 Å². The second-order valence-electron chi connectivity index (χ2n) is 5.23. The zero-order valence-electron chi connectivity index (χ0n) is 13.4. The van der Waals surface area contributed by atoms with E-state index in [1.807, 2.05) is 0 Å². The first-order chi connectivity index (χ1) is 11.0. The van der Waals surface area contributed by atoms with Gasteiger partial charge in [-0.15, -0.1) is 12.4 Å². The number of nitrogens with two attached hydrogens (primary N) is 1. The summed E-state index contributed by atoms with van der Waals surface area (Å²) in [6, 6.07) is 10.2. The summed E-state index contributed by atoms with van der Waals surface area (Å²) in [5, 5.41) is 3.98. The van der Waals surface area contributed by atoms with Crippen molar-refractivity contribution < 1.29 is 13.2 Å². The number of fused-ring (bicyclic) bond motifs is 1. The molecule has 0 unspecified atom stereocenters. The molecule has 24 heavy (non-hydrogen) atoms. The average molecular weight is 372 g/mol. The van der Waals surface area contributed by atoms with Crippen LogP contribution < -0.4 is 15.8 Å². The Hall–Kier alpha value is -1.67. The number of carbonyl (C=O) groups is 1. The van der Waals surface area contributed by atoms with Crippen LogP contribution in [0.15, 0.2) is 41.3 Å². The first-order valence-corrected chi connectivity index (χ1v) is 8.93. The molecule has 2 aromatic rings. The van der Waals surface area contributed by atoms with Crippen LogP contribution in [0, 0.1) is 0 Å². The van der Waals surface area contributed by atoms with Gasteiger partial charge in [-0.1, -0.05) is 24.3 Å². The summed E-state index contributed by atoms with van der Waals surface area (Å²) in [6.07, 6.45) is 1.46. The molecular formula is C16H22ClN3O3S. The lowest BCUT2D eigenvalue weighted by molar-refractivity contribution is -0.114. The van der Waals surface area contributed by atoms with Crippen LogP contribution in [-0.2, 0) is 14.8 Å². The van der Waals surface area contributed by atoms with Gasteiger partial charge < -0.3 is 11.1 Å². The highest BCUT2D eigenvalue weighted by Gasteiger charge is 2.18. The number of hydrogen-bond donors (Lipinski definition) is 3. The van der Waals surface area contributed by atoms with Gasteiger partial charge in [0.1, 0.15) is 0 Å². The molecule has 0 spiro atoms. The van der Waals surface area contributed by atoms with E-state index in [1.54, 1.807) is 30.3 Å². The number of benzene rings is 2. The number of hydrogen-bond acceptors (Lipinski definition) is 4. The molecule has 0 aromatic heterocycles. The summed E-state index contributed by atoms with van der Waals surface area (Å²) in [5.74, 6) is -0.203. The molecule has 0 atom stereocenters. The van der Waals surface area contributed by atoms with Crippen molar-refractivity contribution in [2.75, 3.05) is 18.4 Å². The third kappa shape index (κ3) is 4.91. The van der Waals surface area contributed by atoms with Crippen LogP contribution in [0.4, 0.5) is 5.69 Å². The van der Waals surface area contributed by atoms with E-state index < -0.39 is 10.0 Å². The molecule has 0 aliphatic carbocycles. The minimum absolute atomic E-state index is 0. The first-order valence-electron chi connectivity index (χ1n) is 7.45. The lowest BCUT2D eigenvalue weighted by Gasteiger charge is -2.13. The van der Waals surface area contributed by atoms with E-state index in [1.165, 1.54) is 13.0 Å². The summed E-state index contributed by atoms with van der Waals surface area (Å²) < 4.78 is 27.6. The fourth-order valence-electron chi connectivity index (χ4n) is 2.36. The van der Waals surface area contributed by atoms with Crippen molar-refractivity contribution >= 4 is 44.8 Å². The van der Waals surface area contributed by atoms with E-state index in [4.69, 9.17) is 5.73 Å². The quantitative estimate of drug-likeness (QED) is 0.649. The van der Waals surface area contributed by atoms with Crippen molar-refractivity contribution in [2.45, 2.75) is 24.7 Å². The molecule has 0 fully saturated rings. The molecule has 0 radical (unpaired) electrons. The number of sulfonamides is 1. The molecule has 2 aromatic carbocycles. The minimum atomic E-state index is -3.62. The minimum Gasteiger partial charge on any atom is -0.330 e. The number of halogens is 1. The topological polar surface area (TPSA) is 101 Å². The largest absolute Gasteiger partial charge is 0.330 e. The summed E-state index contributed by atoms with van der Waals surface area (Å²) in [4.78, 5) is 11.5. The maximum absolute atomic E-state index is 12.5. The second kappa shape index (κ2) is 8.98. The molecule has 0 saturated carbocycles. The van der Waals surface area contributed by atoms with Crippen LogP contribution in [0.25, 0.3) is 10.8 Å². The van der Waals surface area contributed by atoms with Gasteiger partial charge in [0.25, 0.3) is 0 Å². The molecule has 1 amide bonds. The normalized spacial score (nSPS) is 11.1. The van der Waals surface area contributed by atoms with Crippen molar-refractivity contribution in [1.82, 2.24) is 4.72 Å².